The summed E-state index contributed by atoms with van der Waals surface area (Å²) in [5, 5.41) is 12.7. The number of nitrogens with two attached hydrogens (primary N) is 1. The van der Waals surface area contributed by atoms with Crippen LogP contribution in [-0.4, -0.2) is 58.3 Å². The lowest BCUT2D eigenvalue weighted by Gasteiger charge is -2.36. The highest BCUT2D eigenvalue weighted by molar-refractivity contribution is 5.76. The van der Waals surface area contributed by atoms with Crippen molar-refractivity contribution in [2.24, 2.45) is 11.7 Å². The number of primary amides is 1. The van der Waals surface area contributed by atoms with Crippen LogP contribution in [0, 0.1) is 5.92 Å². The molecule has 0 unspecified atom stereocenters. The van der Waals surface area contributed by atoms with Gasteiger partial charge in [0.15, 0.2) is 5.82 Å². The molecule has 2 aromatic carbocycles. The number of rotatable bonds is 8. The number of tetrazole rings is 1. The van der Waals surface area contributed by atoms with Gasteiger partial charge in [-0.25, -0.2) is 4.68 Å². The number of hydrogen-bond acceptors (Lipinski definition) is 7. The molecule has 1 aliphatic heterocycles. The second-order valence-electron chi connectivity index (χ2n) is 7.90. The zero-order valence-corrected chi connectivity index (χ0v) is 18.3. The highest BCUT2D eigenvalue weighted by Gasteiger charge is 2.34. The summed E-state index contributed by atoms with van der Waals surface area (Å²) in [5.41, 5.74) is 7.57. The molecule has 2 N–H and O–H groups in total. The third kappa shape index (κ3) is 4.57. The van der Waals surface area contributed by atoms with Crippen LogP contribution in [-0.2, 0) is 11.3 Å². The molecular formula is C23H28N6O3. The van der Waals surface area contributed by atoms with Gasteiger partial charge in [0, 0.05) is 11.5 Å². The van der Waals surface area contributed by atoms with E-state index < -0.39 is 0 Å². The van der Waals surface area contributed by atoms with Gasteiger partial charge in [0.1, 0.15) is 17.5 Å². The number of methoxy groups -OCH3 is 2. The Labute approximate surface area is 187 Å². The minimum absolute atomic E-state index is 0.112. The summed E-state index contributed by atoms with van der Waals surface area (Å²) in [4.78, 5) is 14.0. The number of hydrogen-bond donors (Lipinski definition) is 1. The Kier molecular flexibility index (Phi) is 6.65. The first kappa shape index (κ1) is 21.8. The lowest BCUT2D eigenvalue weighted by atomic mass is 9.93. The van der Waals surface area contributed by atoms with Crippen LogP contribution < -0.4 is 15.2 Å². The predicted octanol–water partition coefficient (Wildman–Crippen LogP) is 2.03. The monoisotopic (exact) mass is 436 g/mol. The topological polar surface area (TPSA) is 108 Å². The van der Waals surface area contributed by atoms with Crippen molar-refractivity contribution in [2.75, 3.05) is 27.3 Å². The van der Waals surface area contributed by atoms with Gasteiger partial charge in [-0.3, -0.25) is 9.69 Å². The zero-order valence-electron chi connectivity index (χ0n) is 18.3. The maximum atomic E-state index is 11.7. The molecule has 0 spiro atoms. The molecule has 3 aromatic rings. The van der Waals surface area contributed by atoms with Crippen molar-refractivity contribution in [3.8, 4) is 11.5 Å². The van der Waals surface area contributed by atoms with Gasteiger partial charge in [-0.05, 0) is 60.1 Å². The number of piperidine rings is 1. The van der Waals surface area contributed by atoms with E-state index in [0.29, 0.717) is 38.3 Å². The molecule has 9 heteroatoms. The lowest BCUT2D eigenvalue weighted by Crippen LogP contribution is -2.41. The van der Waals surface area contributed by atoms with Crippen LogP contribution >= 0.6 is 0 Å². The van der Waals surface area contributed by atoms with Gasteiger partial charge < -0.3 is 15.2 Å². The van der Waals surface area contributed by atoms with Gasteiger partial charge in [-0.2, -0.15) is 0 Å². The average molecular weight is 437 g/mol. The molecule has 1 saturated heterocycles. The molecule has 1 atom stereocenters. The van der Waals surface area contributed by atoms with Crippen LogP contribution in [0.4, 0.5) is 0 Å². The van der Waals surface area contributed by atoms with Crippen LogP contribution in [0.3, 0.4) is 0 Å². The summed E-state index contributed by atoms with van der Waals surface area (Å²) in [6, 6.07) is 15.5. The second kappa shape index (κ2) is 9.78. The summed E-state index contributed by atoms with van der Waals surface area (Å²) < 4.78 is 13.0. The molecule has 1 amide bonds. The van der Waals surface area contributed by atoms with Crippen molar-refractivity contribution in [1.29, 1.82) is 0 Å². The van der Waals surface area contributed by atoms with E-state index in [1.807, 2.05) is 53.2 Å². The largest absolute Gasteiger partial charge is 0.497 e. The third-order valence-corrected chi connectivity index (χ3v) is 6.01. The quantitative estimate of drug-likeness (QED) is 0.575. The van der Waals surface area contributed by atoms with Crippen LogP contribution in [0.1, 0.15) is 35.8 Å². The van der Waals surface area contributed by atoms with Gasteiger partial charge in [-0.15, -0.1) is 5.10 Å². The highest BCUT2D eigenvalue weighted by Crippen LogP contribution is 2.38. The number of benzene rings is 2. The molecule has 0 aliphatic carbocycles. The fraction of sp³-hybridized carbons (Fsp3) is 0.391. The number of carbonyl (C=O) groups is 1. The lowest BCUT2D eigenvalue weighted by molar-refractivity contribution is -0.123. The summed E-state index contributed by atoms with van der Waals surface area (Å²) in [5.74, 6) is 1.80. The van der Waals surface area contributed by atoms with Crippen LogP contribution in [0.2, 0.25) is 0 Å². The van der Waals surface area contributed by atoms with Crippen LogP contribution in [0.5, 0.6) is 11.5 Å². The van der Waals surface area contributed by atoms with Crippen molar-refractivity contribution in [2.45, 2.75) is 25.4 Å². The van der Waals surface area contributed by atoms with E-state index in [9.17, 15) is 4.79 Å². The van der Waals surface area contributed by atoms with Crippen molar-refractivity contribution in [3.63, 3.8) is 0 Å². The van der Waals surface area contributed by atoms with Crippen LogP contribution in [0.25, 0.3) is 0 Å². The minimum Gasteiger partial charge on any atom is -0.497 e. The number of aromatic nitrogens is 4. The molecule has 0 radical (unpaired) electrons. The predicted molar refractivity (Wildman–Crippen MR) is 118 cm³/mol. The Morgan fingerprint density at radius 2 is 1.88 bits per heavy atom. The van der Waals surface area contributed by atoms with E-state index in [1.54, 1.807) is 14.2 Å². The Balaban J connectivity index is 1.75. The first-order chi connectivity index (χ1) is 15.6. The number of likely N-dealkylation sites (tertiary alicyclic amines) is 1. The maximum absolute atomic E-state index is 11.7. The molecule has 2 heterocycles. The van der Waals surface area contributed by atoms with Crippen LogP contribution in [0.15, 0.2) is 48.5 Å². The molecule has 168 valence electrons. The standard InChI is InChI=1S/C23H28N6O3/c1-31-18-8-9-20(32-2)19(14-18)21(28-12-10-17(11-13-28)22(24)30)23-25-26-27-29(23)15-16-6-4-3-5-7-16/h3-9,14,17,21H,10-13,15H2,1-2H3,(H2,24,30)/t21-/m0/s1. The highest BCUT2D eigenvalue weighted by atomic mass is 16.5. The van der Waals surface area contributed by atoms with Gasteiger partial charge in [0.05, 0.1) is 20.8 Å². The number of nitrogens with zero attached hydrogens (tertiary/aromatic N) is 5. The first-order valence-corrected chi connectivity index (χ1v) is 10.7. The van der Waals surface area contributed by atoms with Gasteiger partial charge >= 0.3 is 0 Å². The van der Waals surface area contributed by atoms with E-state index in [2.05, 4.69) is 20.4 Å². The molecule has 0 bridgehead atoms. The second-order valence-corrected chi connectivity index (χ2v) is 7.90. The first-order valence-electron chi connectivity index (χ1n) is 10.7. The molecule has 1 aromatic heterocycles. The molecule has 32 heavy (non-hydrogen) atoms. The molecule has 1 aliphatic rings. The van der Waals surface area contributed by atoms with E-state index in [0.717, 1.165) is 22.6 Å². The maximum Gasteiger partial charge on any atom is 0.220 e. The molecule has 4 rings (SSSR count). The van der Waals surface area contributed by atoms with Gasteiger partial charge in [0.25, 0.3) is 0 Å². The number of ether oxygens (including phenoxy) is 2. The molecule has 9 nitrogen and oxygen atoms in total. The van der Waals surface area contributed by atoms with E-state index in [1.165, 1.54) is 0 Å². The van der Waals surface area contributed by atoms with Gasteiger partial charge in [0.2, 0.25) is 5.91 Å². The summed E-state index contributed by atoms with van der Waals surface area (Å²) >= 11 is 0. The molecular weight excluding hydrogens is 408 g/mol. The molecule has 0 saturated carbocycles. The fourth-order valence-corrected chi connectivity index (χ4v) is 4.27. The molecule has 1 fully saturated rings. The zero-order chi connectivity index (χ0) is 22.5. The van der Waals surface area contributed by atoms with Crippen molar-refractivity contribution < 1.29 is 14.3 Å². The van der Waals surface area contributed by atoms with Crippen molar-refractivity contribution in [3.05, 3.63) is 65.5 Å². The normalized spacial score (nSPS) is 15.9. The van der Waals surface area contributed by atoms with E-state index >= 15 is 0 Å². The van der Waals surface area contributed by atoms with E-state index in [4.69, 9.17) is 15.2 Å². The van der Waals surface area contributed by atoms with Gasteiger partial charge in [-0.1, -0.05) is 30.3 Å². The fourth-order valence-electron chi connectivity index (χ4n) is 4.27. The SMILES string of the molecule is COc1ccc(OC)c([C@@H](c2nnnn2Cc2ccccc2)N2CCC(C(N)=O)CC2)c1. The van der Waals surface area contributed by atoms with Crippen molar-refractivity contribution in [1.82, 2.24) is 25.1 Å². The number of amides is 1. The van der Waals surface area contributed by atoms with Crippen molar-refractivity contribution >= 4 is 5.91 Å². The Hall–Kier alpha value is -3.46. The Morgan fingerprint density at radius 3 is 2.53 bits per heavy atom. The summed E-state index contributed by atoms with van der Waals surface area (Å²) in [6.45, 7) is 1.93. The number of carbonyl (C=O) groups excluding carboxylic acids is 1. The van der Waals surface area contributed by atoms with E-state index in [-0.39, 0.29) is 17.9 Å². The Bertz CT molecular complexity index is 1050. The average Bonchev–Trinajstić information content (AvgIpc) is 3.27. The minimum atomic E-state index is -0.271. The summed E-state index contributed by atoms with van der Waals surface area (Å²) in [7, 11) is 3.28. The third-order valence-electron chi connectivity index (χ3n) is 6.01. The smallest absolute Gasteiger partial charge is 0.220 e. The Morgan fingerprint density at radius 1 is 1.12 bits per heavy atom. The summed E-state index contributed by atoms with van der Waals surface area (Å²) in [6.07, 6.45) is 1.39.